The van der Waals surface area contributed by atoms with Gasteiger partial charge in [0.2, 0.25) is 0 Å². The van der Waals surface area contributed by atoms with Crippen LogP contribution >= 0.6 is 0 Å². The van der Waals surface area contributed by atoms with Gasteiger partial charge < -0.3 is 0 Å². The Morgan fingerprint density at radius 3 is 2.64 bits per heavy atom. The van der Waals surface area contributed by atoms with Crippen LogP contribution in [0.15, 0.2) is 48.5 Å². The molecule has 0 aliphatic carbocycles. The van der Waals surface area contributed by atoms with Gasteiger partial charge in [0.05, 0.1) is 11.4 Å². The zero-order valence-corrected chi connectivity index (χ0v) is 13.4. The van der Waals surface area contributed by atoms with E-state index in [-0.39, 0.29) is 0 Å². The molecule has 0 atom stereocenters. The van der Waals surface area contributed by atoms with E-state index in [2.05, 4.69) is 4.72 Å². The first kappa shape index (κ1) is 14.9. The highest BCUT2D eigenvalue weighted by Crippen LogP contribution is 2.30. The molecular formula is C17H20N2O2S. The van der Waals surface area contributed by atoms with Crippen LogP contribution in [0.4, 0.5) is 11.4 Å². The Kier molecular flexibility index (Phi) is 4.07. The summed E-state index contributed by atoms with van der Waals surface area (Å²) in [5, 5.41) is 0. The van der Waals surface area contributed by atoms with Crippen LogP contribution < -0.4 is 9.03 Å². The van der Waals surface area contributed by atoms with Crippen LogP contribution in [0.2, 0.25) is 0 Å². The second-order valence-corrected chi connectivity index (χ2v) is 7.02. The topological polar surface area (TPSA) is 49.4 Å². The number of fused-ring (bicyclic) bond motifs is 1. The minimum Gasteiger partial charge on any atom is -0.266 e. The standard InChI is InChI=1S/C17H20N2O2S/c1-2-14-8-3-5-11-16(14)18-22(20,21)19-13-7-10-15-9-4-6-12-17(15)19/h3-6,8-9,11-12,18H,2,7,10,13H2,1H3. The lowest BCUT2D eigenvalue weighted by Crippen LogP contribution is -2.39. The smallest absolute Gasteiger partial charge is 0.266 e. The third-order valence-electron chi connectivity index (χ3n) is 3.99. The van der Waals surface area contributed by atoms with Gasteiger partial charge in [0, 0.05) is 6.54 Å². The number of hydrogen-bond donors (Lipinski definition) is 1. The molecule has 0 unspecified atom stereocenters. The van der Waals surface area contributed by atoms with Gasteiger partial charge in [-0.25, -0.2) is 0 Å². The van der Waals surface area contributed by atoms with Crippen molar-refractivity contribution in [2.75, 3.05) is 15.6 Å². The van der Waals surface area contributed by atoms with Crippen molar-refractivity contribution in [1.82, 2.24) is 0 Å². The SMILES string of the molecule is CCc1ccccc1NS(=O)(=O)N1CCCc2ccccc21. The van der Waals surface area contributed by atoms with Crippen LogP contribution in [0.5, 0.6) is 0 Å². The first-order chi connectivity index (χ1) is 10.6. The van der Waals surface area contributed by atoms with E-state index in [0.29, 0.717) is 12.2 Å². The van der Waals surface area contributed by atoms with E-state index in [1.54, 1.807) is 0 Å². The lowest BCUT2D eigenvalue weighted by molar-refractivity contribution is 0.592. The first-order valence-electron chi connectivity index (χ1n) is 7.58. The number of nitrogens with one attached hydrogen (secondary N) is 1. The first-order valence-corrected chi connectivity index (χ1v) is 9.02. The summed E-state index contributed by atoms with van der Waals surface area (Å²) in [6, 6.07) is 15.2. The van der Waals surface area contributed by atoms with Gasteiger partial charge in [-0.1, -0.05) is 43.3 Å². The van der Waals surface area contributed by atoms with Gasteiger partial charge in [0.15, 0.2) is 0 Å². The fraction of sp³-hybridized carbons (Fsp3) is 0.294. The largest absolute Gasteiger partial charge is 0.323 e. The maximum Gasteiger partial charge on any atom is 0.323 e. The number of para-hydroxylation sites is 2. The fourth-order valence-corrected chi connectivity index (χ4v) is 4.26. The minimum absolute atomic E-state index is 0.515. The van der Waals surface area contributed by atoms with E-state index in [0.717, 1.165) is 36.1 Å². The predicted octanol–water partition coefficient (Wildman–Crippen LogP) is 3.36. The molecule has 22 heavy (non-hydrogen) atoms. The molecule has 5 heteroatoms. The zero-order valence-electron chi connectivity index (χ0n) is 12.6. The summed E-state index contributed by atoms with van der Waals surface area (Å²) in [5.41, 5.74) is 3.53. The van der Waals surface area contributed by atoms with Crippen molar-refractivity contribution in [1.29, 1.82) is 0 Å². The van der Waals surface area contributed by atoms with Crippen LogP contribution in [0.25, 0.3) is 0 Å². The highest BCUT2D eigenvalue weighted by atomic mass is 32.2. The van der Waals surface area contributed by atoms with Crippen molar-refractivity contribution < 1.29 is 8.42 Å². The molecule has 3 rings (SSSR count). The maximum atomic E-state index is 12.8. The van der Waals surface area contributed by atoms with Gasteiger partial charge in [-0.05, 0) is 42.5 Å². The van der Waals surface area contributed by atoms with Crippen LogP contribution in [0, 0.1) is 0 Å². The molecule has 116 valence electrons. The van der Waals surface area contributed by atoms with Crippen molar-refractivity contribution in [3.05, 3.63) is 59.7 Å². The molecule has 1 N–H and O–H groups in total. The molecule has 0 fully saturated rings. The summed E-state index contributed by atoms with van der Waals surface area (Å²) in [7, 11) is -3.60. The highest BCUT2D eigenvalue weighted by Gasteiger charge is 2.27. The molecule has 0 aromatic heterocycles. The Hall–Kier alpha value is -2.01. The van der Waals surface area contributed by atoms with Gasteiger partial charge in [-0.2, -0.15) is 8.42 Å². The number of aryl methyl sites for hydroxylation is 2. The molecule has 1 aliphatic heterocycles. The molecule has 4 nitrogen and oxygen atoms in total. The number of anilines is 2. The Balaban J connectivity index is 1.94. The van der Waals surface area contributed by atoms with Crippen molar-refractivity contribution in [2.24, 2.45) is 0 Å². The maximum absolute atomic E-state index is 12.8. The number of benzene rings is 2. The van der Waals surface area contributed by atoms with Gasteiger partial charge >= 0.3 is 10.2 Å². The van der Waals surface area contributed by atoms with E-state index in [9.17, 15) is 8.42 Å². The predicted molar refractivity (Wildman–Crippen MR) is 90.5 cm³/mol. The summed E-state index contributed by atoms with van der Waals surface area (Å²) in [6.07, 6.45) is 2.55. The molecule has 0 radical (unpaired) electrons. The van der Waals surface area contributed by atoms with Crippen molar-refractivity contribution >= 4 is 21.6 Å². The molecule has 0 bridgehead atoms. The van der Waals surface area contributed by atoms with Crippen LogP contribution in [-0.2, 0) is 23.1 Å². The molecule has 2 aromatic rings. The summed E-state index contributed by atoms with van der Waals surface area (Å²) >= 11 is 0. The summed E-state index contributed by atoms with van der Waals surface area (Å²) in [5.74, 6) is 0. The van der Waals surface area contributed by atoms with E-state index < -0.39 is 10.2 Å². The van der Waals surface area contributed by atoms with Crippen LogP contribution in [0.3, 0.4) is 0 Å². The summed E-state index contributed by atoms with van der Waals surface area (Å²) in [4.78, 5) is 0. The molecule has 0 saturated carbocycles. The Bertz CT molecular complexity index is 772. The molecule has 1 heterocycles. The molecule has 1 aliphatic rings. The number of hydrogen-bond acceptors (Lipinski definition) is 2. The third kappa shape index (κ3) is 2.81. The quantitative estimate of drug-likeness (QED) is 0.940. The van der Waals surface area contributed by atoms with Crippen molar-refractivity contribution in [2.45, 2.75) is 26.2 Å². The van der Waals surface area contributed by atoms with Crippen LogP contribution in [0.1, 0.15) is 24.5 Å². The lowest BCUT2D eigenvalue weighted by atomic mass is 10.0. The van der Waals surface area contributed by atoms with E-state index in [4.69, 9.17) is 0 Å². The van der Waals surface area contributed by atoms with Gasteiger partial charge in [-0.3, -0.25) is 9.03 Å². The normalized spacial score (nSPS) is 14.5. The second kappa shape index (κ2) is 6.01. The Labute approximate surface area is 132 Å². The van der Waals surface area contributed by atoms with Crippen molar-refractivity contribution in [3.8, 4) is 0 Å². The van der Waals surface area contributed by atoms with Gasteiger partial charge in [0.25, 0.3) is 0 Å². The molecule has 0 spiro atoms. The Morgan fingerprint density at radius 1 is 1.09 bits per heavy atom. The second-order valence-electron chi connectivity index (χ2n) is 5.42. The van der Waals surface area contributed by atoms with Crippen molar-refractivity contribution in [3.63, 3.8) is 0 Å². The van der Waals surface area contributed by atoms with Gasteiger partial charge in [-0.15, -0.1) is 0 Å². The molecular weight excluding hydrogens is 296 g/mol. The highest BCUT2D eigenvalue weighted by molar-refractivity contribution is 7.94. The fourth-order valence-electron chi connectivity index (χ4n) is 2.87. The van der Waals surface area contributed by atoms with E-state index >= 15 is 0 Å². The van der Waals surface area contributed by atoms with Crippen LogP contribution in [-0.4, -0.2) is 15.0 Å². The Morgan fingerprint density at radius 2 is 1.82 bits per heavy atom. The summed E-state index contributed by atoms with van der Waals surface area (Å²) in [6.45, 7) is 2.53. The lowest BCUT2D eigenvalue weighted by Gasteiger charge is -2.30. The summed E-state index contributed by atoms with van der Waals surface area (Å²) < 4.78 is 29.8. The van der Waals surface area contributed by atoms with E-state index in [1.165, 1.54) is 4.31 Å². The molecule has 2 aromatic carbocycles. The van der Waals surface area contributed by atoms with Gasteiger partial charge in [0.1, 0.15) is 0 Å². The minimum atomic E-state index is -3.60. The average Bonchev–Trinajstić information content (AvgIpc) is 2.54. The monoisotopic (exact) mass is 316 g/mol. The third-order valence-corrected chi connectivity index (χ3v) is 5.43. The van der Waals surface area contributed by atoms with E-state index in [1.807, 2.05) is 55.5 Å². The average molecular weight is 316 g/mol. The number of rotatable bonds is 4. The zero-order chi connectivity index (χ0) is 15.6. The molecule has 0 amide bonds. The number of nitrogens with zero attached hydrogens (tertiary/aromatic N) is 1. The molecule has 0 saturated heterocycles.